The van der Waals surface area contributed by atoms with E-state index in [0.29, 0.717) is 17.5 Å². The molecular formula is C48H47FIrN4O-2. The van der Waals surface area contributed by atoms with Crippen LogP contribution in [0.3, 0.4) is 0 Å². The van der Waals surface area contributed by atoms with Gasteiger partial charge in [-0.1, -0.05) is 120 Å². The van der Waals surface area contributed by atoms with Crippen molar-refractivity contribution in [3.05, 3.63) is 143 Å². The molecule has 8 rings (SSSR count). The van der Waals surface area contributed by atoms with Crippen molar-refractivity contribution < 1.29 is 33.0 Å². The van der Waals surface area contributed by atoms with Gasteiger partial charge in [-0.15, -0.1) is 42.0 Å². The third kappa shape index (κ3) is 7.65. The number of pyridine rings is 2. The second-order valence-corrected chi connectivity index (χ2v) is 15.6. The minimum atomic E-state index is -2.33. The standard InChI is InChI=1S/C32H30N3O.C16H17FN.Ir/c1-18(2)22-12-9-13-23(19(3)4)30(22)35-27-17-20(5)33-21(6)29(27)34-32(35)26-15-10-14-25-24-11-7-8-16-28(24)36-31(25)26;1-11-5-7-13(14(17)9-11)15-8-6-12(10-18-15)16(2,3)4;/h7-14,16-19H,1-6H3;5-6,8-10H,1-4H3;/q2*-1;/i;1D3;. The van der Waals surface area contributed by atoms with Crippen LogP contribution in [0.2, 0.25) is 0 Å². The largest absolute Gasteiger partial charge is 0.501 e. The summed E-state index contributed by atoms with van der Waals surface area (Å²) < 4.78 is 44.7. The van der Waals surface area contributed by atoms with Gasteiger partial charge < -0.3 is 14.0 Å². The van der Waals surface area contributed by atoms with E-state index in [1.807, 2.05) is 38.1 Å². The van der Waals surface area contributed by atoms with Gasteiger partial charge in [-0.2, -0.15) is 0 Å². The first kappa shape index (κ1) is 35.7. The van der Waals surface area contributed by atoms with Gasteiger partial charge in [-0.25, -0.2) is 0 Å². The summed E-state index contributed by atoms with van der Waals surface area (Å²) in [5.41, 5.74) is 11.8. The molecule has 4 aromatic carbocycles. The smallest absolute Gasteiger partial charge is 0.120 e. The van der Waals surface area contributed by atoms with E-state index in [1.54, 1.807) is 12.3 Å². The zero-order chi connectivity index (χ0) is 41.0. The first-order valence-electron chi connectivity index (χ1n) is 19.9. The number of furan rings is 1. The van der Waals surface area contributed by atoms with Crippen LogP contribution in [0, 0.1) is 38.6 Å². The van der Waals surface area contributed by atoms with E-state index in [0.717, 1.165) is 67.4 Å². The molecule has 0 saturated carbocycles. The Morgan fingerprint density at radius 3 is 2.20 bits per heavy atom. The number of aromatic nitrogens is 4. The molecule has 0 saturated heterocycles. The van der Waals surface area contributed by atoms with Crippen molar-refractivity contribution in [2.45, 2.75) is 86.4 Å². The Morgan fingerprint density at radius 2 is 1.56 bits per heavy atom. The molecule has 0 bridgehead atoms. The Morgan fingerprint density at radius 1 is 0.836 bits per heavy atom. The number of imidazole rings is 1. The van der Waals surface area contributed by atoms with Crippen LogP contribution in [0.5, 0.6) is 0 Å². The Balaban J connectivity index is 0.000000221. The summed E-state index contributed by atoms with van der Waals surface area (Å²) in [6.07, 6.45) is 1.71. The van der Waals surface area contributed by atoms with E-state index in [1.165, 1.54) is 22.9 Å². The molecule has 0 spiro atoms. The summed E-state index contributed by atoms with van der Waals surface area (Å²) in [6.45, 7) is 17.0. The Kier molecular flexibility index (Phi) is 10.2. The van der Waals surface area contributed by atoms with E-state index in [-0.39, 0.29) is 36.6 Å². The normalized spacial score (nSPS) is 12.8. The van der Waals surface area contributed by atoms with E-state index < -0.39 is 12.7 Å². The molecule has 0 aliphatic heterocycles. The van der Waals surface area contributed by atoms with Crippen LogP contribution in [0.1, 0.15) is 98.1 Å². The van der Waals surface area contributed by atoms with Gasteiger partial charge in [0, 0.05) is 53.0 Å². The maximum absolute atomic E-state index is 14.1. The van der Waals surface area contributed by atoms with Gasteiger partial charge in [0.2, 0.25) is 0 Å². The molecule has 1 radical (unpaired) electrons. The van der Waals surface area contributed by atoms with Crippen LogP contribution in [0.4, 0.5) is 4.39 Å². The first-order valence-corrected chi connectivity index (χ1v) is 18.4. The SMILES string of the molecule is Cc1cc2c(nc(-c3[c-]ccc4c3oc3ccccc34)n2-c2c(C(C)C)cccc2C(C)C)c(C)n1.[2H]C([2H])([2H])c1c[c-]c(-c2ccc(C(C)(C)C)cn2)c(F)c1.[Ir]. The van der Waals surface area contributed by atoms with Crippen molar-refractivity contribution in [2.24, 2.45) is 0 Å². The van der Waals surface area contributed by atoms with E-state index in [4.69, 9.17) is 18.5 Å². The van der Waals surface area contributed by atoms with Gasteiger partial charge >= 0.3 is 0 Å². The Labute approximate surface area is 341 Å². The number of nitrogens with zero attached hydrogens (tertiary/aromatic N) is 4. The Bertz CT molecular complexity index is 2730. The molecule has 0 unspecified atom stereocenters. The minimum Gasteiger partial charge on any atom is -0.501 e. The van der Waals surface area contributed by atoms with Crippen molar-refractivity contribution in [2.75, 3.05) is 0 Å². The number of para-hydroxylation sites is 2. The molecule has 4 heterocycles. The van der Waals surface area contributed by atoms with E-state index in [2.05, 4.69) is 113 Å². The monoisotopic (exact) mass is 910 g/mol. The van der Waals surface area contributed by atoms with Crippen LogP contribution < -0.4 is 0 Å². The van der Waals surface area contributed by atoms with Gasteiger partial charge in [0.15, 0.2) is 0 Å². The molecule has 0 N–H and O–H groups in total. The topological polar surface area (TPSA) is 56.7 Å². The van der Waals surface area contributed by atoms with Crippen molar-refractivity contribution in [1.82, 2.24) is 19.5 Å². The molecular weight excluding hydrogens is 860 g/mol. The number of halogens is 1. The second kappa shape index (κ2) is 15.6. The van der Waals surface area contributed by atoms with Crippen molar-refractivity contribution in [3.8, 4) is 28.3 Å². The molecule has 0 fully saturated rings. The van der Waals surface area contributed by atoms with E-state index in [9.17, 15) is 4.39 Å². The maximum Gasteiger partial charge on any atom is 0.120 e. The van der Waals surface area contributed by atoms with E-state index >= 15 is 0 Å². The quantitative estimate of drug-likeness (QED) is 0.161. The third-order valence-electron chi connectivity index (χ3n) is 9.85. The predicted molar refractivity (Wildman–Crippen MR) is 220 cm³/mol. The average molecular weight is 910 g/mol. The molecule has 5 nitrogen and oxygen atoms in total. The molecule has 283 valence electrons. The minimum absolute atomic E-state index is 0. The number of fused-ring (bicyclic) bond motifs is 4. The van der Waals surface area contributed by atoms with Crippen molar-refractivity contribution >= 4 is 33.0 Å². The fourth-order valence-electron chi connectivity index (χ4n) is 7.05. The molecule has 8 aromatic rings. The fraction of sp³-hybridized carbons (Fsp3) is 0.271. The van der Waals surface area contributed by atoms with Crippen LogP contribution in [0.15, 0.2) is 95.5 Å². The summed E-state index contributed by atoms with van der Waals surface area (Å²) in [7, 11) is 0. The van der Waals surface area contributed by atoms with Gasteiger partial charge in [-0.05, 0) is 65.6 Å². The molecule has 0 aliphatic rings. The average Bonchev–Trinajstić information content (AvgIpc) is 3.73. The first-order chi connectivity index (χ1) is 26.9. The summed E-state index contributed by atoms with van der Waals surface area (Å²) >= 11 is 0. The van der Waals surface area contributed by atoms with Crippen molar-refractivity contribution in [1.29, 1.82) is 0 Å². The second-order valence-electron chi connectivity index (χ2n) is 15.6. The van der Waals surface area contributed by atoms with Gasteiger partial charge in [0.25, 0.3) is 0 Å². The van der Waals surface area contributed by atoms with Gasteiger partial charge in [0.05, 0.1) is 28.1 Å². The molecule has 0 atom stereocenters. The number of benzene rings is 4. The van der Waals surface area contributed by atoms with Gasteiger partial charge in [-0.3, -0.25) is 14.4 Å². The van der Waals surface area contributed by atoms with Gasteiger partial charge in [0.1, 0.15) is 5.58 Å². The van der Waals surface area contributed by atoms with Crippen LogP contribution in [-0.2, 0) is 25.5 Å². The summed E-state index contributed by atoms with van der Waals surface area (Å²) in [5, 5.41) is 2.18. The Hall–Kier alpha value is -4.97. The maximum atomic E-state index is 14.1. The van der Waals surface area contributed by atoms with Crippen LogP contribution in [0.25, 0.3) is 61.3 Å². The van der Waals surface area contributed by atoms with Crippen LogP contribution in [-0.4, -0.2) is 19.5 Å². The summed E-state index contributed by atoms with van der Waals surface area (Å²) in [5.74, 6) is 0.901. The molecule has 0 amide bonds. The molecule has 7 heteroatoms. The molecule has 55 heavy (non-hydrogen) atoms. The molecule has 4 aromatic heterocycles. The van der Waals surface area contributed by atoms with Crippen LogP contribution >= 0.6 is 0 Å². The van der Waals surface area contributed by atoms with Crippen molar-refractivity contribution in [3.63, 3.8) is 0 Å². The summed E-state index contributed by atoms with van der Waals surface area (Å²) in [4.78, 5) is 14.2. The summed E-state index contributed by atoms with van der Waals surface area (Å²) in [6, 6.07) is 33.2. The predicted octanol–water partition coefficient (Wildman–Crippen LogP) is 12.9. The number of aryl methyl sites for hydroxylation is 3. The fourth-order valence-corrected chi connectivity index (χ4v) is 7.05. The third-order valence-corrected chi connectivity index (χ3v) is 9.85. The number of rotatable bonds is 5. The zero-order valence-electron chi connectivity index (χ0n) is 35.7. The number of hydrogen-bond donors (Lipinski definition) is 0. The number of hydrogen-bond acceptors (Lipinski definition) is 4. The zero-order valence-corrected chi connectivity index (χ0v) is 35.1. The molecule has 0 aliphatic carbocycles.